The fourth-order valence-corrected chi connectivity index (χ4v) is 6.91. The number of aromatic nitrogens is 6. The van der Waals surface area contributed by atoms with E-state index in [0.29, 0.717) is 23.9 Å². The number of carbonyl (C=O) groups excluding carboxylic acids is 2. The van der Waals surface area contributed by atoms with Crippen LogP contribution in [0.3, 0.4) is 0 Å². The molecule has 54 heavy (non-hydrogen) atoms. The van der Waals surface area contributed by atoms with Gasteiger partial charge in [-0.1, -0.05) is 18.5 Å². The van der Waals surface area contributed by atoms with E-state index in [-0.39, 0.29) is 89.4 Å². The molecule has 3 aromatic heterocycles. The number of fused-ring (bicyclic) bond motifs is 2. The van der Waals surface area contributed by atoms with Gasteiger partial charge in [0.25, 0.3) is 11.5 Å². The highest BCUT2D eigenvalue weighted by molar-refractivity contribution is 6.33. The monoisotopic (exact) mass is 769 g/mol. The molecule has 0 saturated carbocycles. The van der Waals surface area contributed by atoms with Gasteiger partial charge in [-0.25, -0.2) is 14.4 Å². The van der Waals surface area contributed by atoms with Gasteiger partial charge in [0.05, 0.1) is 33.2 Å². The Balaban J connectivity index is 1.27. The third-order valence-corrected chi connectivity index (χ3v) is 9.66. The summed E-state index contributed by atoms with van der Waals surface area (Å²) < 4.78 is 63.3. The molecule has 14 nitrogen and oxygen atoms in total. The predicted octanol–water partition coefficient (Wildman–Crippen LogP) is 4.66. The molecule has 2 aliphatic rings. The van der Waals surface area contributed by atoms with Crippen LogP contribution in [0.4, 0.5) is 28.9 Å². The van der Waals surface area contributed by atoms with Crippen LogP contribution >= 0.6 is 11.6 Å². The quantitative estimate of drug-likeness (QED) is 0.223. The molecule has 2 aromatic carbocycles. The van der Waals surface area contributed by atoms with Gasteiger partial charge in [0.2, 0.25) is 11.7 Å². The molecule has 1 fully saturated rings. The number of alkyl halides is 3. The normalized spacial score (nSPS) is 15.7. The van der Waals surface area contributed by atoms with Gasteiger partial charge < -0.3 is 29.5 Å². The van der Waals surface area contributed by atoms with Gasteiger partial charge in [0.15, 0.2) is 17.3 Å². The molecule has 2 aliphatic heterocycles. The van der Waals surface area contributed by atoms with Crippen LogP contribution in [0.2, 0.25) is 5.02 Å². The van der Waals surface area contributed by atoms with Crippen molar-refractivity contribution in [2.75, 3.05) is 36.4 Å². The minimum absolute atomic E-state index is 0.0111. The number of piperazine rings is 1. The van der Waals surface area contributed by atoms with Crippen molar-refractivity contribution in [3.05, 3.63) is 86.1 Å². The summed E-state index contributed by atoms with van der Waals surface area (Å²) in [5, 5.41) is 17.0. The number of hydrogen-bond acceptors (Lipinski definition) is 10. The van der Waals surface area contributed by atoms with Gasteiger partial charge in [-0.05, 0) is 50.1 Å². The Labute approximate surface area is 309 Å². The molecule has 1 atom stereocenters. The standard InChI is InChI=1S/C35H32ClF4N9O5/c1-4-25-29(46-7-9-47(10-8-46)32(52)28-30(51)18(3)41-16-42-28)33(53)49-34(44-31(45-49)21-12-19-11-17(2)54-26(19)14-23(21)37)48(25)15-27(50)43-24-6-5-20(13-22(24)36)35(38,39)40/h5-6,12-14,16-17,51H,4,7-11,15H2,1-3H3,(H,43,50)/t17-/m1/s1. The fraction of sp³-hybridized carbons (Fsp3) is 0.343. The van der Waals surface area contributed by atoms with Crippen molar-refractivity contribution in [2.24, 2.45) is 0 Å². The number of ether oxygens (including phenoxy) is 1. The Morgan fingerprint density at radius 1 is 1.11 bits per heavy atom. The minimum atomic E-state index is -4.65. The molecule has 5 heterocycles. The minimum Gasteiger partial charge on any atom is -0.504 e. The summed E-state index contributed by atoms with van der Waals surface area (Å²) in [6.45, 7) is 5.26. The molecule has 0 unspecified atom stereocenters. The summed E-state index contributed by atoms with van der Waals surface area (Å²) in [4.78, 5) is 56.8. The lowest BCUT2D eigenvalue weighted by atomic mass is 10.1. The predicted molar refractivity (Wildman–Crippen MR) is 187 cm³/mol. The van der Waals surface area contributed by atoms with Crippen molar-refractivity contribution in [3.63, 3.8) is 0 Å². The smallest absolute Gasteiger partial charge is 0.416 e. The zero-order valence-corrected chi connectivity index (χ0v) is 29.8. The van der Waals surface area contributed by atoms with Gasteiger partial charge in [0, 0.05) is 38.7 Å². The third-order valence-electron chi connectivity index (χ3n) is 9.35. The number of carbonyl (C=O) groups is 2. The molecule has 7 rings (SSSR count). The lowest BCUT2D eigenvalue weighted by Gasteiger charge is -2.36. The van der Waals surface area contributed by atoms with Crippen molar-refractivity contribution in [1.29, 1.82) is 0 Å². The van der Waals surface area contributed by atoms with Gasteiger partial charge >= 0.3 is 6.18 Å². The summed E-state index contributed by atoms with van der Waals surface area (Å²) in [5.41, 5.74) is -0.319. The summed E-state index contributed by atoms with van der Waals surface area (Å²) in [6, 6.07) is 5.32. The maximum atomic E-state index is 15.5. The molecule has 19 heteroatoms. The average Bonchev–Trinajstić information content (AvgIpc) is 3.73. The van der Waals surface area contributed by atoms with Crippen LogP contribution in [0.25, 0.3) is 17.2 Å². The van der Waals surface area contributed by atoms with Crippen molar-refractivity contribution in [3.8, 4) is 22.9 Å². The van der Waals surface area contributed by atoms with Gasteiger partial charge in [-0.2, -0.15) is 22.7 Å². The Bertz CT molecular complexity index is 2390. The second-order valence-corrected chi connectivity index (χ2v) is 13.3. The molecule has 0 spiro atoms. The van der Waals surface area contributed by atoms with Crippen LogP contribution < -0.4 is 20.5 Å². The van der Waals surface area contributed by atoms with Gasteiger partial charge in [0.1, 0.15) is 36.2 Å². The first-order valence-electron chi connectivity index (χ1n) is 16.9. The number of benzene rings is 2. The molecular formula is C35H32ClF4N9O5. The third kappa shape index (κ3) is 6.65. The maximum absolute atomic E-state index is 15.5. The van der Waals surface area contributed by atoms with E-state index in [2.05, 4.69) is 25.4 Å². The topological polar surface area (TPSA) is 160 Å². The largest absolute Gasteiger partial charge is 0.504 e. The van der Waals surface area contributed by atoms with E-state index < -0.39 is 41.5 Å². The van der Waals surface area contributed by atoms with Crippen molar-refractivity contribution < 1.29 is 37.0 Å². The highest BCUT2D eigenvalue weighted by Crippen LogP contribution is 2.36. The number of rotatable bonds is 7. The van der Waals surface area contributed by atoms with E-state index in [1.807, 2.05) is 6.92 Å². The fourth-order valence-electron chi connectivity index (χ4n) is 6.68. The number of hydrogen-bond donors (Lipinski definition) is 2. The lowest BCUT2D eigenvalue weighted by Crippen LogP contribution is -2.51. The zero-order valence-electron chi connectivity index (χ0n) is 29.0. The molecule has 282 valence electrons. The summed E-state index contributed by atoms with van der Waals surface area (Å²) in [6.07, 6.45) is -2.92. The molecule has 2 amide bonds. The van der Waals surface area contributed by atoms with E-state index in [1.165, 1.54) is 21.9 Å². The molecule has 1 saturated heterocycles. The molecule has 0 bridgehead atoms. The van der Waals surface area contributed by atoms with Crippen LogP contribution in [-0.4, -0.2) is 83.2 Å². The maximum Gasteiger partial charge on any atom is 0.416 e. The van der Waals surface area contributed by atoms with E-state index in [4.69, 9.17) is 16.3 Å². The Kier molecular flexibility index (Phi) is 9.41. The van der Waals surface area contributed by atoms with Crippen LogP contribution in [0.15, 0.2) is 41.5 Å². The number of nitrogens with zero attached hydrogens (tertiary/aromatic N) is 8. The van der Waals surface area contributed by atoms with Gasteiger partial charge in [-0.15, -0.1) is 5.10 Å². The molecule has 5 aromatic rings. The number of aromatic hydroxyl groups is 1. The highest BCUT2D eigenvalue weighted by atomic mass is 35.5. The van der Waals surface area contributed by atoms with Gasteiger partial charge in [-0.3, -0.25) is 14.4 Å². The Morgan fingerprint density at radius 2 is 1.85 bits per heavy atom. The lowest BCUT2D eigenvalue weighted by molar-refractivity contribution is -0.137. The van der Waals surface area contributed by atoms with Crippen LogP contribution in [0.1, 0.15) is 46.9 Å². The average molecular weight is 770 g/mol. The van der Waals surface area contributed by atoms with Crippen molar-refractivity contribution >= 4 is 40.6 Å². The van der Waals surface area contributed by atoms with Crippen molar-refractivity contribution in [1.82, 2.24) is 34.0 Å². The Morgan fingerprint density at radius 3 is 2.54 bits per heavy atom. The van der Waals surface area contributed by atoms with E-state index in [0.717, 1.165) is 22.2 Å². The SMILES string of the molecule is CCc1c(N2CCN(C(=O)c3ncnc(C)c3O)CC2)c(=O)n2nc(-c3cc4c(cc3F)O[C@H](C)C4)nc2n1CC(=O)Nc1ccc(C(F)(F)F)cc1Cl. The first kappa shape index (κ1) is 36.6. The van der Waals surface area contributed by atoms with E-state index >= 15 is 4.39 Å². The second kappa shape index (κ2) is 13.9. The van der Waals surface area contributed by atoms with E-state index in [1.54, 1.807) is 24.8 Å². The van der Waals surface area contributed by atoms with Crippen molar-refractivity contribution in [2.45, 2.75) is 52.4 Å². The number of anilines is 2. The molecule has 2 N–H and O–H groups in total. The first-order valence-corrected chi connectivity index (χ1v) is 17.3. The molecule has 0 radical (unpaired) electrons. The summed E-state index contributed by atoms with van der Waals surface area (Å²) in [5.74, 6) is -2.06. The van der Waals surface area contributed by atoms with E-state index in [9.17, 15) is 32.7 Å². The number of amides is 2. The summed E-state index contributed by atoms with van der Waals surface area (Å²) in [7, 11) is 0. The number of halogens is 5. The Hall–Kier alpha value is -5.78. The summed E-state index contributed by atoms with van der Waals surface area (Å²) >= 11 is 6.12. The van der Waals surface area contributed by atoms with Crippen LogP contribution in [0.5, 0.6) is 11.5 Å². The zero-order chi connectivity index (χ0) is 38.6. The first-order chi connectivity index (χ1) is 25.6. The number of nitrogens with one attached hydrogen (secondary N) is 1. The number of aryl methyl sites for hydroxylation is 1. The van der Waals surface area contributed by atoms with Crippen LogP contribution in [0, 0.1) is 12.7 Å². The molecular weight excluding hydrogens is 738 g/mol. The highest BCUT2D eigenvalue weighted by Gasteiger charge is 2.33. The molecule has 0 aliphatic carbocycles. The van der Waals surface area contributed by atoms with Crippen LogP contribution in [-0.2, 0) is 30.4 Å². The second-order valence-electron chi connectivity index (χ2n) is 12.9.